The van der Waals surface area contributed by atoms with Crippen LogP contribution in [0.3, 0.4) is 0 Å². The van der Waals surface area contributed by atoms with E-state index in [0.29, 0.717) is 18.1 Å². The Hall–Kier alpha value is -2.16. The monoisotopic (exact) mass is 403 g/mol. The number of hydrogen-bond donors (Lipinski definition) is 1. The van der Waals surface area contributed by atoms with Gasteiger partial charge < -0.3 is 14.8 Å². The highest BCUT2D eigenvalue weighted by Gasteiger charge is 2.17. The van der Waals surface area contributed by atoms with Crippen LogP contribution in [0.1, 0.15) is 23.6 Å². The predicted molar refractivity (Wildman–Crippen MR) is 105 cm³/mol. The molecule has 1 aromatic heterocycles. The Morgan fingerprint density at radius 3 is 2.89 bits per heavy atom. The third-order valence-corrected chi connectivity index (χ3v) is 6.14. The van der Waals surface area contributed by atoms with Crippen LogP contribution in [0.4, 0.5) is 15.2 Å². The standard InChI is InChI=1S/C19H18FN3O2S2/c1-2-12-3-5-16(6-4-12)21-18-22-23-19(27-18)26-10-14-8-15(20)7-13-9-24-11-25-17(13)14/h3-8H,2,9-11H2,1H3,(H,21,22). The zero-order chi connectivity index (χ0) is 18.6. The first kappa shape index (κ1) is 18.2. The molecule has 0 saturated carbocycles. The summed E-state index contributed by atoms with van der Waals surface area (Å²) in [5.74, 6) is 0.988. The summed E-state index contributed by atoms with van der Waals surface area (Å²) >= 11 is 2.98. The molecule has 1 N–H and O–H groups in total. The third-order valence-electron chi connectivity index (χ3n) is 4.12. The first-order valence-electron chi connectivity index (χ1n) is 8.55. The second-order valence-corrected chi connectivity index (χ2v) is 8.20. The molecule has 0 atom stereocenters. The fraction of sp³-hybridized carbons (Fsp3) is 0.263. The van der Waals surface area contributed by atoms with Gasteiger partial charge in [0.2, 0.25) is 5.13 Å². The van der Waals surface area contributed by atoms with Gasteiger partial charge in [0.25, 0.3) is 0 Å². The van der Waals surface area contributed by atoms with E-state index in [4.69, 9.17) is 9.47 Å². The van der Waals surface area contributed by atoms with Crippen LogP contribution in [0.15, 0.2) is 40.7 Å². The minimum absolute atomic E-state index is 0.194. The van der Waals surface area contributed by atoms with Crippen LogP contribution in [-0.2, 0) is 23.5 Å². The van der Waals surface area contributed by atoms with E-state index in [-0.39, 0.29) is 12.6 Å². The van der Waals surface area contributed by atoms with Crippen LogP contribution in [0.25, 0.3) is 0 Å². The quantitative estimate of drug-likeness (QED) is 0.575. The molecule has 27 heavy (non-hydrogen) atoms. The van der Waals surface area contributed by atoms with Gasteiger partial charge in [-0.2, -0.15) is 0 Å². The highest BCUT2D eigenvalue weighted by Crippen LogP contribution is 2.35. The maximum atomic E-state index is 13.8. The lowest BCUT2D eigenvalue weighted by molar-refractivity contribution is -0.0171. The molecular formula is C19H18FN3O2S2. The van der Waals surface area contributed by atoms with E-state index in [2.05, 4.69) is 34.6 Å². The molecule has 0 aliphatic carbocycles. The molecule has 0 saturated heterocycles. The molecule has 4 rings (SSSR count). The van der Waals surface area contributed by atoms with E-state index in [0.717, 1.165) is 32.7 Å². The second kappa shape index (κ2) is 8.24. The Morgan fingerprint density at radius 1 is 1.22 bits per heavy atom. The number of nitrogens with one attached hydrogen (secondary N) is 1. The van der Waals surface area contributed by atoms with Gasteiger partial charge >= 0.3 is 0 Å². The van der Waals surface area contributed by atoms with E-state index < -0.39 is 0 Å². The minimum Gasteiger partial charge on any atom is -0.467 e. The second-order valence-electron chi connectivity index (χ2n) is 6.00. The summed E-state index contributed by atoms with van der Waals surface area (Å²) in [4.78, 5) is 0. The Kier molecular flexibility index (Phi) is 5.56. The average molecular weight is 404 g/mol. The Labute approximate surface area is 164 Å². The lowest BCUT2D eigenvalue weighted by Crippen LogP contribution is -2.13. The van der Waals surface area contributed by atoms with Crippen molar-refractivity contribution in [1.82, 2.24) is 10.2 Å². The number of fused-ring (bicyclic) bond motifs is 1. The Bertz CT molecular complexity index is 931. The van der Waals surface area contributed by atoms with Gasteiger partial charge in [0.05, 0.1) is 6.61 Å². The fourth-order valence-electron chi connectivity index (χ4n) is 2.77. The van der Waals surface area contributed by atoms with Crippen LogP contribution >= 0.6 is 23.1 Å². The number of ether oxygens (including phenoxy) is 2. The number of halogens is 1. The topological polar surface area (TPSA) is 56.3 Å². The molecule has 2 heterocycles. The summed E-state index contributed by atoms with van der Waals surface area (Å²) in [5.41, 5.74) is 3.82. The molecule has 5 nitrogen and oxygen atoms in total. The summed E-state index contributed by atoms with van der Waals surface area (Å²) in [6, 6.07) is 11.2. The van der Waals surface area contributed by atoms with Crippen LogP contribution in [0, 0.1) is 5.82 Å². The largest absolute Gasteiger partial charge is 0.467 e. The number of nitrogens with zero attached hydrogens (tertiary/aromatic N) is 2. The SMILES string of the molecule is CCc1ccc(Nc2nnc(SCc3cc(F)cc4c3OCOC4)s2)cc1. The number of benzene rings is 2. The summed E-state index contributed by atoms with van der Waals surface area (Å²) in [6.07, 6.45) is 1.01. The first-order chi connectivity index (χ1) is 13.2. The highest BCUT2D eigenvalue weighted by molar-refractivity contribution is 8.00. The van der Waals surface area contributed by atoms with Gasteiger partial charge in [0.1, 0.15) is 11.6 Å². The normalized spacial score (nSPS) is 13.1. The molecule has 0 spiro atoms. The molecule has 0 unspecified atom stereocenters. The summed E-state index contributed by atoms with van der Waals surface area (Å²) < 4.78 is 25.4. The minimum atomic E-state index is -0.284. The molecule has 0 radical (unpaired) electrons. The summed E-state index contributed by atoms with van der Waals surface area (Å²) in [6.45, 7) is 2.69. The molecule has 1 aliphatic rings. The maximum Gasteiger partial charge on any atom is 0.210 e. The van der Waals surface area contributed by atoms with Crippen molar-refractivity contribution < 1.29 is 13.9 Å². The summed E-state index contributed by atoms with van der Waals surface area (Å²) in [7, 11) is 0. The van der Waals surface area contributed by atoms with Crippen molar-refractivity contribution >= 4 is 33.9 Å². The van der Waals surface area contributed by atoms with Gasteiger partial charge in [0.15, 0.2) is 11.1 Å². The maximum absolute atomic E-state index is 13.8. The van der Waals surface area contributed by atoms with Gasteiger partial charge in [0, 0.05) is 22.6 Å². The number of aryl methyl sites for hydroxylation is 1. The van der Waals surface area contributed by atoms with E-state index in [9.17, 15) is 4.39 Å². The van der Waals surface area contributed by atoms with Gasteiger partial charge in [-0.1, -0.05) is 42.2 Å². The van der Waals surface area contributed by atoms with E-state index >= 15 is 0 Å². The van der Waals surface area contributed by atoms with Crippen molar-refractivity contribution in [2.24, 2.45) is 0 Å². The van der Waals surface area contributed by atoms with Gasteiger partial charge in [-0.15, -0.1) is 10.2 Å². The molecule has 2 aromatic carbocycles. The molecule has 1 aliphatic heterocycles. The number of rotatable bonds is 6. The molecule has 0 fully saturated rings. The van der Waals surface area contributed by atoms with Crippen molar-refractivity contribution in [2.45, 2.75) is 30.0 Å². The number of anilines is 2. The molecule has 0 amide bonds. The molecular weight excluding hydrogens is 385 g/mol. The zero-order valence-electron chi connectivity index (χ0n) is 14.7. The smallest absolute Gasteiger partial charge is 0.210 e. The Balaban J connectivity index is 1.42. The van der Waals surface area contributed by atoms with Gasteiger partial charge in [-0.3, -0.25) is 0 Å². The molecule has 8 heteroatoms. The zero-order valence-corrected chi connectivity index (χ0v) is 16.3. The predicted octanol–water partition coefficient (Wildman–Crippen LogP) is 5.14. The Morgan fingerprint density at radius 2 is 2.07 bits per heavy atom. The number of thioether (sulfide) groups is 1. The highest BCUT2D eigenvalue weighted by atomic mass is 32.2. The lowest BCUT2D eigenvalue weighted by atomic mass is 10.1. The molecule has 0 bridgehead atoms. The number of hydrogen-bond acceptors (Lipinski definition) is 7. The lowest BCUT2D eigenvalue weighted by Gasteiger charge is -2.20. The third kappa shape index (κ3) is 4.40. The molecule has 140 valence electrons. The van der Waals surface area contributed by atoms with E-state index in [1.807, 2.05) is 12.1 Å². The van der Waals surface area contributed by atoms with Crippen LogP contribution in [-0.4, -0.2) is 17.0 Å². The fourth-order valence-corrected chi connectivity index (χ4v) is 4.51. The van der Waals surface area contributed by atoms with Crippen molar-refractivity contribution in [2.75, 3.05) is 12.1 Å². The summed E-state index contributed by atoms with van der Waals surface area (Å²) in [5, 5.41) is 12.4. The van der Waals surface area contributed by atoms with Crippen molar-refractivity contribution in [3.8, 4) is 5.75 Å². The average Bonchev–Trinajstić information content (AvgIpc) is 3.14. The van der Waals surface area contributed by atoms with Crippen LogP contribution in [0.2, 0.25) is 0 Å². The molecule has 3 aromatic rings. The van der Waals surface area contributed by atoms with Crippen LogP contribution < -0.4 is 10.1 Å². The van der Waals surface area contributed by atoms with E-state index in [1.54, 1.807) is 0 Å². The van der Waals surface area contributed by atoms with Gasteiger partial charge in [-0.05, 0) is 36.2 Å². The van der Waals surface area contributed by atoms with Crippen molar-refractivity contribution in [3.05, 3.63) is 58.9 Å². The van der Waals surface area contributed by atoms with Crippen molar-refractivity contribution in [1.29, 1.82) is 0 Å². The first-order valence-corrected chi connectivity index (χ1v) is 10.4. The van der Waals surface area contributed by atoms with Crippen LogP contribution in [0.5, 0.6) is 5.75 Å². The van der Waals surface area contributed by atoms with Gasteiger partial charge in [-0.25, -0.2) is 4.39 Å². The number of aromatic nitrogens is 2. The van der Waals surface area contributed by atoms with Crippen molar-refractivity contribution in [3.63, 3.8) is 0 Å². The van der Waals surface area contributed by atoms with E-state index in [1.165, 1.54) is 40.8 Å².